The van der Waals surface area contributed by atoms with Gasteiger partial charge in [-0.2, -0.15) is 0 Å². The van der Waals surface area contributed by atoms with Crippen molar-refractivity contribution in [3.8, 4) is 0 Å². The molecule has 0 spiro atoms. The van der Waals surface area contributed by atoms with Crippen molar-refractivity contribution in [2.45, 2.75) is 58.8 Å². The quantitative estimate of drug-likeness (QED) is 0.630. The smallest absolute Gasteiger partial charge is 0.0385 e. The fourth-order valence-corrected chi connectivity index (χ4v) is 39.9. The molecule has 0 amide bonds. The van der Waals surface area contributed by atoms with Gasteiger partial charge in [-0.05, 0) is 0 Å². The normalized spacial score (nSPS) is 15.0. The van der Waals surface area contributed by atoms with Gasteiger partial charge in [-0.15, -0.1) is 0 Å². The topological polar surface area (TPSA) is 0 Å². The summed E-state index contributed by atoms with van der Waals surface area (Å²) in [4.78, 5) is 0. The second kappa shape index (κ2) is 3.42. The SMILES string of the molecule is CC[Si](C)([Si](C)(C)C)[Si](C)(C)C. The first-order chi connectivity index (χ1) is 5.06. The van der Waals surface area contributed by atoms with Gasteiger partial charge in [-0.1, -0.05) is 58.8 Å². The third-order valence-electron chi connectivity index (χ3n) is 4.02. The van der Waals surface area contributed by atoms with Crippen LogP contribution in [0.15, 0.2) is 0 Å². The van der Waals surface area contributed by atoms with Crippen LogP contribution in [0.3, 0.4) is 0 Å². The van der Waals surface area contributed by atoms with E-state index in [-0.39, 0.29) is 0 Å². The lowest BCUT2D eigenvalue weighted by Gasteiger charge is -2.47. The van der Waals surface area contributed by atoms with Gasteiger partial charge in [-0.3, -0.25) is 0 Å². The summed E-state index contributed by atoms with van der Waals surface area (Å²) in [6, 6.07) is 1.51. The van der Waals surface area contributed by atoms with Crippen molar-refractivity contribution in [1.82, 2.24) is 0 Å². The van der Waals surface area contributed by atoms with Gasteiger partial charge in [0.25, 0.3) is 0 Å². The number of rotatable bonds is 3. The molecule has 0 nitrogen and oxygen atoms in total. The van der Waals surface area contributed by atoms with Crippen LogP contribution < -0.4 is 0 Å². The van der Waals surface area contributed by atoms with Gasteiger partial charge in [0.1, 0.15) is 0 Å². The minimum absolute atomic E-state index is 0.846. The fraction of sp³-hybridized carbons (Fsp3) is 1.00. The number of hydrogen-bond donors (Lipinski definition) is 0. The summed E-state index contributed by atoms with van der Waals surface area (Å²) < 4.78 is 0. The Morgan fingerprint density at radius 3 is 0.917 bits per heavy atom. The Hall–Kier alpha value is 0.651. The van der Waals surface area contributed by atoms with E-state index in [4.69, 9.17) is 0 Å². The van der Waals surface area contributed by atoms with E-state index < -0.39 is 22.3 Å². The van der Waals surface area contributed by atoms with Crippen LogP contribution in [-0.2, 0) is 0 Å². The molecule has 0 aliphatic rings. The lowest BCUT2D eigenvalue weighted by Crippen LogP contribution is -2.69. The molecule has 3 heteroatoms. The highest BCUT2D eigenvalue weighted by Crippen LogP contribution is 2.31. The molecule has 0 aromatic rings. The fourth-order valence-electron chi connectivity index (χ4n) is 2.19. The van der Waals surface area contributed by atoms with Gasteiger partial charge in [-0.25, -0.2) is 0 Å². The zero-order valence-corrected chi connectivity index (χ0v) is 13.2. The maximum Gasteiger partial charge on any atom is 0.0385 e. The van der Waals surface area contributed by atoms with Gasteiger partial charge in [0.05, 0.1) is 0 Å². The molecular weight excluding hydrogens is 192 g/mol. The molecule has 0 fully saturated rings. The standard InChI is InChI=1S/C9H26Si3/c1-9-12(8,10(2,3)4)11(5,6)7/h9H2,1-8H3. The first-order valence-electron chi connectivity index (χ1n) is 5.06. The Bertz CT molecular complexity index is 136. The average molecular weight is 219 g/mol. The zero-order valence-electron chi connectivity index (χ0n) is 10.2. The van der Waals surface area contributed by atoms with E-state index in [1.54, 1.807) is 0 Å². The van der Waals surface area contributed by atoms with Crippen molar-refractivity contribution in [1.29, 1.82) is 0 Å². The van der Waals surface area contributed by atoms with Gasteiger partial charge in [0.15, 0.2) is 0 Å². The predicted molar refractivity (Wildman–Crippen MR) is 68.8 cm³/mol. The van der Waals surface area contributed by atoms with Crippen LogP contribution in [0, 0.1) is 0 Å². The molecule has 0 saturated heterocycles. The average Bonchev–Trinajstić information content (AvgIpc) is 1.81. The Balaban J connectivity index is 4.95. The van der Waals surface area contributed by atoms with Crippen LogP contribution in [0.1, 0.15) is 6.92 Å². The lowest BCUT2D eigenvalue weighted by molar-refractivity contribution is 1.40. The van der Waals surface area contributed by atoms with E-state index in [1.165, 1.54) is 6.04 Å². The van der Waals surface area contributed by atoms with Crippen LogP contribution in [0.5, 0.6) is 0 Å². The van der Waals surface area contributed by atoms with E-state index in [9.17, 15) is 0 Å². The minimum atomic E-state index is -0.849. The summed E-state index contributed by atoms with van der Waals surface area (Å²) in [6.07, 6.45) is 0. The molecule has 0 bridgehead atoms. The minimum Gasteiger partial charge on any atom is -0.0729 e. The first kappa shape index (κ1) is 12.7. The van der Waals surface area contributed by atoms with Gasteiger partial charge in [0, 0.05) is 22.3 Å². The van der Waals surface area contributed by atoms with Crippen molar-refractivity contribution in [3.05, 3.63) is 0 Å². The lowest BCUT2D eigenvalue weighted by atomic mass is 11.0. The summed E-state index contributed by atoms with van der Waals surface area (Å²) in [7, 11) is -2.54. The molecule has 0 saturated carbocycles. The van der Waals surface area contributed by atoms with Crippen molar-refractivity contribution in [3.63, 3.8) is 0 Å². The van der Waals surface area contributed by atoms with E-state index in [2.05, 4.69) is 52.8 Å². The van der Waals surface area contributed by atoms with Crippen LogP contribution in [0.25, 0.3) is 0 Å². The van der Waals surface area contributed by atoms with Gasteiger partial charge < -0.3 is 0 Å². The molecule has 0 unspecified atom stereocenters. The highest BCUT2D eigenvalue weighted by Gasteiger charge is 2.48. The molecule has 0 aliphatic carbocycles. The zero-order chi connectivity index (χ0) is 10.2. The van der Waals surface area contributed by atoms with Crippen molar-refractivity contribution in [2.24, 2.45) is 0 Å². The van der Waals surface area contributed by atoms with Crippen LogP contribution in [-0.4, -0.2) is 22.3 Å². The summed E-state index contributed by atoms with van der Waals surface area (Å²) in [5.41, 5.74) is 0. The molecule has 0 atom stereocenters. The van der Waals surface area contributed by atoms with E-state index in [1.807, 2.05) is 0 Å². The van der Waals surface area contributed by atoms with E-state index in [0.717, 1.165) is 0 Å². The highest BCUT2D eigenvalue weighted by atomic mass is 29.6. The van der Waals surface area contributed by atoms with E-state index in [0.29, 0.717) is 0 Å². The van der Waals surface area contributed by atoms with Crippen molar-refractivity contribution < 1.29 is 0 Å². The Morgan fingerprint density at radius 2 is 0.917 bits per heavy atom. The second-order valence-corrected chi connectivity index (χ2v) is 35.7. The highest BCUT2D eigenvalue weighted by molar-refractivity contribution is 7.68. The molecule has 0 heterocycles. The van der Waals surface area contributed by atoms with Crippen LogP contribution >= 0.6 is 0 Å². The molecule has 0 aromatic carbocycles. The van der Waals surface area contributed by atoms with E-state index >= 15 is 0 Å². The third kappa shape index (κ3) is 2.12. The van der Waals surface area contributed by atoms with Gasteiger partial charge >= 0.3 is 0 Å². The molecule has 0 rings (SSSR count). The molecular formula is C9H26Si3. The molecule has 0 aromatic heterocycles. The molecule has 0 radical (unpaired) electrons. The van der Waals surface area contributed by atoms with Crippen LogP contribution in [0.2, 0.25) is 51.9 Å². The molecule has 0 aliphatic heterocycles. The monoisotopic (exact) mass is 218 g/mol. The Labute approximate surface area is 81.4 Å². The predicted octanol–water partition coefficient (Wildman–Crippen LogP) is 3.92. The maximum atomic E-state index is 2.67. The third-order valence-corrected chi connectivity index (χ3v) is 47.5. The number of hydrogen-bond acceptors (Lipinski definition) is 0. The Kier molecular flexibility index (Phi) is 3.61. The molecule has 12 heavy (non-hydrogen) atoms. The van der Waals surface area contributed by atoms with Crippen molar-refractivity contribution in [2.75, 3.05) is 0 Å². The van der Waals surface area contributed by atoms with Crippen molar-refractivity contribution >= 4 is 22.3 Å². The van der Waals surface area contributed by atoms with Crippen LogP contribution in [0.4, 0.5) is 0 Å². The Morgan fingerprint density at radius 1 is 0.667 bits per heavy atom. The summed E-state index contributed by atoms with van der Waals surface area (Å²) in [5, 5.41) is 0. The molecule has 74 valence electrons. The summed E-state index contributed by atoms with van der Waals surface area (Å²) in [6.45, 7) is 20.6. The second-order valence-electron chi connectivity index (χ2n) is 6.19. The largest absolute Gasteiger partial charge is 0.0729 e. The molecule has 0 N–H and O–H groups in total. The first-order valence-corrected chi connectivity index (χ1v) is 16.8. The van der Waals surface area contributed by atoms with Gasteiger partial charge in [0.2, 0.25) is 0 Å². The maximum absolute atomic E-state index is 2.67. The summed E-state index contributed by atoms with van der Waals surface area (Å²) >= 11 is 0. The summed E-state index contributed by atoms with van der Waals surface area (Å²) in [5.74, 6) is 0.